The molecule has 0 aromatic heterocycles. The fourth-order valence-electron chi connectivity index (χ4n) is 3.82. The van der Waals surface area contributed by atoms with Crippen molar-refractivity contribution >= 4 is 29.9 Å². The number of rotatable bonds is 6. The molecule has 2 atom stereocenters. The normalized spacial score (nSPS) is 28.0. The highest BCUT2D eigenvalue weighted by Gasteiger charge is 2.24. The summed E-state index contributed by atoms with van der Waals surface area (Å²) >= 11 is 0. The number of likely N-dealkylation sites (tertiary alicyclic amines) is 1. The van der Waals surface area contributed by atoms with Crippen LogP contribution >= 0.6 is 24.0 Å². The van der Waals surface area contributed by atoms with Crippen LogP contribution in [0.1, 0.15) is 51.9 Å². The van der Waals surface area contributed by atoms with Crippen LogP contribution in [0.25, 0.3) is 0 Å². The van der Waals surface area contributed by atoms with Crippen molar-refractivity contribution in [3.63, 3.8) is 0 Å². The number of piperidine rings is 1. The van der Waals surface area contributed by atoms with E-state index in [2.05, 4.69) is 17.1 Å². The molecule has 1 N–H and O–H groups in total. The van der Waals surface area contributed by atoms with Crippen molar-refractivity contribution in [3.05, 3.63) is 0 Å². The third kappa shape index (κ3) is 7.13. The van der Waals surface area contributed by atoms with E-state index in [1.54, 1.807) is 0 Å². The van der Waals surface area contributed by atoms with E-state index in [-0.39, 0.29) is 24.0 Å². The fourth-order valence-corrected chi connectivity index (χ4v) is 3.82. The lowest BCUT2D eigenvalue weighted by molar-refractivity contribution is -0.0721. The van der Waals surface area contributed by atoms with Gasteiger partial charge in [-0.2, -0.15) is 0 Å². The summed E-state index contributed by atoms with van der Waals surface area (Å²) < 4.78 is 17.6. The van der Waals surface area contributed by atoms with Crippen molar-refractivity contribution in [1.29, 1.82) is 0 Å². The Kier molecular flexibility index (Phi) is 10.5. The third-order valence-corrected chi connectivity index (χ3v) is 5.34. The van der Waals surface area contributed by atoms with Crippen LogP contribution in [0.15, 0.2) is 4.99 Å². The topological polar surface area (TPSA) is 55.3 Å². The Morgan fingerprint density at radius 3 is 2.42 bits per heavy atom. The van der Waals surface area contributed by atoms with E-state index in [1.165, 1.54) is 19.3 Å². The molecule has 6 nitrogen and oxygen atoms in total. The number of nitrogens with one attached hydrogen (secondary N) is 1. The van der Waals surface area contributed by atoms with E-state index >= 15 is 0 Å². The lowest BCUT2D eigenvalue weighted by Gasteiger charge is -2.35. The minimum atomic E-state index is 0. The number of hydrogen-bond acceptors (Lipinski definition) is 4. The molecule has 3 fully saturated rings. The van der Waals surface area contributed by atoms with Crippen molar-refractivity contribution in [3.8, 4) is 0 Å². The number of halogens is 1. The van der Waals surface area contributed by atoms with Gasteiger partial charge in [0.2, 0.25) is 0 Å². The molecule has 7 heteroatoms. The van der Waals surface area contributed by atoms with Gasteiger partial charge in [0.05, 0.1) is 31.5 Å². The summed E-state index contributed by atoms with van der Waals surface area (Å²) in [6.07, 6.45) is 9.07. The lowest BCUT2D eigenvalue weighted by Crippen LogP contribution is -2.47. The van der Waals surface area contributed by atoms with E-state index in [0.717, 1.165) is 77.6 Å². The molecule has 3 aliphatic rings. The van der Waals surface area contributed by atoms with Crippen LogP contribution in [-0.4, -0.2) is 75.2 Å². The van der Waals surface area contributed by atoms with Gasteiger partial charge in [0.25, 0.3) is 0 Å². The van der Waals surface area contributed by atoms with Gasteiger partial charge in [0, 0.05) is 32.8 Å². The SMILES string of the molecule is CCNC(=NCC1CCCO1)N1CCC(OCC2CCCCO2)CC1.I. The van der Waals surface area contributed by atoms with E-state index in [4.69, 9.17) is 19.2 Å². The molecule has 0 bridgehead atoms. The number of nitrogens with zero attached hydrogens (tertiary/aromatic N) is 2. The van der Waals surface area contributed by atoms with Gasteiger partial charge >= 0.3 is 0 Å². The first kappa shape index (κ1) is 22.2. The van der Waals surface area contributed by atoms with E-state index in [0.29, 0.717) is 18.3 Å². The van der Waals surface area contributed by atoms with E-state index < -0.39 is 0 Å². The maximum Gasteiger partial charge on any atom is 0.194 e. The average Bonchev–Trinajstić information content (AvgIpc) is 3.18. The maximum absolute atomic E-state index is 6.12. The van der Waals surface area contributed by atoms with Gasteiger partial charge in [-0.25, -0.2) is 0 Å². The van der Waals surface area contributed by atoms with Crippen LogP contribution in [0, 0.1) is 0 Å². The number of aliphatic imine (C=N–C) groups is 1. The molecule has 0 saturated carbocycles. The Hall–Kier alpha value is -0.120. The van der Waals surface area contributed by atoms with Crippen molar-refractivity contribution in [2.45, 2.75) is 70.2 Å². The lowest BCUT2D eigenvalue weighted by atomic mass is 10.1. The Morgan fingerprint density at radius 2 is 1.77 bits per heavy atom. The average molecular weight is 481 g/mol. The molecule has 0 aliphatic carbocycles. The molecule has 0 radical (unpaired) electrons. The second kappa shape index (κ2) is 12.4. The molecule has 0 spiro atoms. The van der Waals surface area contributed by atoms with Crippen LogP contribution in [0.2, 0.25) is 0 Å². The first-order valence-electron chi connectivity index (χ1n) is 10.2. The molecule has 3 heterocycles. The minimum Gasteiger partial charge on any atom is -0.376 e. The Balaban J connectivity index is 0.00000243. The Bertz CT molecular complexity index is 405. The summed E-state index contributed by atoms with van der Waals surface area (Å²) in [6.45, 7) is 8.38. The molecular weight excluding hydrogens is 445 g/mol. The zero-order valence-corrected chi connectivity index (χ0v) is 18.5. The highest BCUT2D eigenvalue weighted by Crippen LogP contribution is 2.18. The summed E-state index contributed by atoms with van der Waals surface area (Å²) in [7, 11) is 0. The van der Waals surface area contributed by atoms with Gasteiger partial charge in [-0.3, -0.25) is 4.99 Å². The number of hydrogen-bond donors (Lipinski definition) is 1. The van der Waals surface area contributed by atoms with E-state index in [1.807, 2.05) is 0 Å². The summed E-state index contributed by atoms with van der Waals surface area (Å²) in [5.41, 5.74) is 0. The summed E-state index contributed by atoms with van der Waals surface area (Å²) in [5, 5.41) is 3.43. The second-order valence-corrected chi connectivity index (χ2v) is 7.34. The summed E-state index contributed by atoms with van der Waals surface area (Å²) in [4.78, 5) is 7.18. The molecule has 152 valence electrons. The largest absolute Gasteiger partial charge is 0.376 e. The molecule has 3 rings (SSSR count). The summed E-state index contributed by atoms with van der Waals surface area (Å²) in [6, 6.07) is 0. The smallest absolute Gasteiger partial charge is 0.194 e. The van der Waals surface area contributed by atoms with Crippen molar-refractivity contribution in [1.82, 2.24) is 10.2 Å². The third-order valence-electron chi connectivity index (χ3n) is 5.34. The van der Waals surface area contributed by atoms with Crippen LogP contribution in [0.4, 0.5) is 0 Å². The van der Waals surface area contributed by atoms with Gasteiger partial charge in [0.15, 0.2) is 5.96 Å². The van der Waals surface area contributed by atoms with Gasteiger partial charge in [-0.05, 0) is 51.9 Å². The van der Waals surface area contributed by atoms with Gasteiger partial charge in [-0.1, -0.05) is 0 Å². The molecule has 0 amide bonds. The summed E-state index contributed by atoms with van der Waals surface area (Å²) in [5.74, 6) is 1.03. The molecule has 0 aromatic rings. The predicted octanol–water partition coefficient (Wildman–Crippen LogP) is 2.80. The molecular formula is C19H36IN3O3. The minimum absolute atomic E-state index is 0. The first-order valence-corrected chi connectivity index (χ1v) is 10.2. The van der Waals surface area contributed by atoms with Crippen molar-refractivity contribution in [2.75, 3.05) is 46.0 Å². The maximum atomic E-state index is 6.12. The van der Waals surface area contributed by atoms with Crippen LogP contribution in [-0.2, 0) is 14.2 Å². The number of ether oxygens (including phenoxy) is 3. The predicted molar refractivity (Wildman–Crippen MR) is 115 cm³/mol. The number of guanidine groups is 1. The van der Waals surface area contributed by atoms with Crippen LogP contribution in [0.5, 0.6) is 0 Å². The molecule has 2 unspecified atom stereocenters. The van der Waals surface area contributed by atoms with Gasteiger partial charge in [0.1, 0.15) is 0 Å². The zero-order chi connectivity index (χ0) is 17.3. The van der Waals surface area contributed by atoms with Crippen LogP contribution in [0.3, 0.4) is 0 Å². The second-order valence-electron chi connectivity index (χ2n) is 7.34. The highest BCUT2D eigenvalue weighted by molar-refractivity contribution is 14.0. The van der Waals surface area contributed by atoms with E-state index in [9.17, 15) is 0 Å². The quantitative estimate of drug-likeness (QED) is 0.359. The van der Waals surface area contributed by atoms with Gasteiger partial charge in [-0.15, -0.1) is 24.0 Å². The highest BCUT2D eigenvalue weighted by atomic mass is 127. The molecule has 0 aromatic carbocycles. The molecule has 3 aliphatic heterocycles. The first-order chi connectivity index (χ1) is 12.3. The van der Waals surface area contributed by atoms with Gasteiger partial charge < -0.3 is 24.4 Å². The monoisotopic (exact) mass is 481 g/mol. The van der Waals surface area contributed by atoms with Crippen LogP contribution < -0.4 is 5.32 Å². The van der Waals surface area contributed by atoms with Crippen molar-refractivity contribution in [2.24, 2.45) is 4.99 Å². The zero-order valence-electron chi connectivity index (χ0n) is 16.2. The molecule has 26 heavy (non-hydrogen) atoms. The fraction of sp³-hybridized carbons (Fsp3) is 0.947. The van der Waals surface area contributed by atoms with Crippen molar-refractivity contribution < 1.29 is 14.2 Å². The Morgan fingerprint density at radius 1 is 1.04 bits per heavy atom. The molecule has 3 saturated heterocycles. The standard InChI is InChI=1S/C19H35N3O3.HI/c1-2-20-19(21-14-17-7-5-13-23-17)22-10-8-16(9-11-22)25-15-18-6-3-4-12-24-18;/h16-18H,2-15H2,1H3,(H,20,21);1H. The Labute approximate surface area is 175 Å².